The molecule has 39 heavy (non-hydrogen) atoms. The molecule has 3 heterocycles. The topological polar surface area (TPSA) is 67.6 Å². The molecule has 0 aliphatic rings. The van der Waals surface area contributed by atoms with Crippen molar-refractivity contribution in [2.24, 2.45) is 0 Å². The molecule has 0 aliphatic heterocycles. The fraction of sp³-hybridized carbons (Fsp3) is 0.179. The lowest BCUT2D eigenvalue weighted by Gasteiger charge is -2.14. The van der Waals surface area contributed by atoms with Crippen molar-refractivity contribution in [1.82, 2.24) is 24.3 Å². The number of nitrogens with zero attached hydrogens (tertiary/aromatic N) is 5. The van der Waals surface area contributed by atoms with E-state index in [0.29, 0.717) is 33.9 Å². The van der Waals surface area contributed by atoms with Crippen LogP contribution in [0.5, 0.6) is 5.75 Å². The number of imidazole rings is 1. The maximum atomic E-state index is 13.7. The predicted octanol–water partition coefficient (Wildman–Crippen LogP) is 6.17. The molecule has 0 unspecified atom stereocenters. The summed E-state index contributed by atoms with van der Waals surface area (Å²) in [4.78, 5) is 15.8. The fourth-order valence-corrected chi connectivity index (χ4v) is 4.23. The summed E-state index contributed by atoms with van der Waals surface area (Å²) in [6.07, 6.45) is -1.35. The Kier molecular flexibility index (Phi) is 7.16. The number of halogens is 4. The maximum Gasteiger partial charge on any atom is 0.573 e. The second kappa shape index (κ2) is 10.7. The highest BCUT2D eigenvalue weighted by Crippen LogP contribution is 2.33. The Morgan fingerprint density at radius 2 is 1.74 bits per heavy atom. The summed E-state index contributed by atoms with van der Waals surface area (Å²) in [7, 11) is 3.96. The van der Waals surface area contributed by atoms with Gasteiger partial charge < -0.3 is 15.0 Å². The Balaban J connectivity index is 1.52. The molecule has 2 aromatic carbocycles. The van der Waals surface area contributed by atoms with Crippen molar-refractivity contribution in [2.75, 3.05) is 19.4 Å². The number of hydrogen-bond donors (Lipinski definition) is 1. The van der Waals surface area contributed by atoms with Crippen LogP contribution in [-0.4, -0.2) is 44.7 Å². The normalized spacial score (nSPS) is 11.8. The number of rotatable bonds is 8. The molecule has 0 amide bonds. The third-order valence-electron chi connectivity index (χ3n) is 5.84. The highest BCUT2D eigenvalue weighted by Gasteiger charge is 2.32. The summed E-state index contributed by atoms with van der Waals surface area (Å²) in [6.45, 7) is 0.729. The van der Waals surface area contributed by atoms with E-state index < -0.39 is 6.36 Å². The monoisotopic (exact) mass is 536 g/mol. The van der Waals surface area contributed by atoms with Crippen LogP contribution in [0.2, 0.25) is 0 Å². The van der Waals surface area contributed by atoms with Gasteiger partial charge in [0.05, 0.1) is 17.1 Å². The van der Waals surface area contributed by atoms with E-state index in [2.05, 4.69) is 24.9 Å². The largest absolute Gasteiger partial charge is 0.573 e. The van der Waals surface area contributed by atoms with E-state index in [1.807, 2.05) is 36.8 Å². The van der Waals surface area contributed by atoms with Crippen LogP contribution >= 0.6 is 0 Å². The first-order chi connectivity index (χ1) is 18.7. The van der Waals surface area contributed by atoms with Gasteiger partial charge in [-0.05, 0) is 68.2 Å². The zero-order valence-electron chi connectivity index (χ0n) is 21.1. The molecule has 0 bridgehead atoms. The highest BCUT2D eigenvalue weighted by atomic mass is 19.4. The van der Waals surface area contributed by atoms with Crippen molar-refractivity contribution < 1.29 is 22.3 Å². The van der Waals surface area contributed by atoms with Gasteiger partial charge in [-0.25, -0.2) is 19.3 Å². The zero-order valence-corrected chi connectivity index (χ0v) is 21.1. The molecule has 11 heteroatoms. The van der Waals surface area contributed by atoms with Gasteiger partial charge in [-0.15, -0.1) is 13.2 Å². The molecule has 0 saturated carbocycles. The van der Waals surface area contributed by atoms with Crippen LogP contribution < -0.4 is 10.1 Å². The van der Waals surface area contributed by atoms with Gasteiger partial charge >= 0.3 is 6.36 Å². The van der Waals surface area contributed by atoms with Gasteiger partial charge in [-0.1, -0.05) is 18.2 Å². The van der Waals surface area contributed by atoms with E-state index in [-0.39, 0.29) is 24.1 Å². The van der Waals surface area contributed by atoms with E-state index in [4.69, 9.17) is 4.98 Å². The minimum absolute atomic E-state index is 0.00156. The molecule has 0 aliphatic carbocycles. The molecule has 0 radical (unpaired) electrons. The van der Waals surface area contributed by atoms with Crippen molar-refractivity contribution in [3.63, 3.8) is 0 Å². The molecule has 200 valence electrons. The molecule has 1 N–H and O–H groups in total. The SMILES string of the molecule is CN(C)Cc1ccn2c(-c3ccnc(NCc4ccccc4OC(F)(F)F)n3)c(-c3ccc(F)cc3)nc2c1. The van der Waals surface area contributed by atoms with Gasteiger partial charge in [-0.3, -0.25) is 4.40 Å². The Morgan fingerprint density at radius 3 is 2.49 bits per heavy atom. The number of anilines is 1. The summed E-state index contributed by atoms with van der Waals surface area (Å²) in [5, 5.41) is 2.98. The molecule has 0 spiro atoms. The predicted molar refractivity (Wildman–Crippen MR) is 139 cm³/mol. The smallest absolute Gasteiger partial charge is 0.405 e. The number of benzene rings is 2. The zero-order chi connectivity index (χ0) is 27.6. The van der Waals surface area contributed by atoms with E-state index in [0.717, 1.165) is 12.1 Å². The molecule has 7 nitrogen and oxygen atoms in total. The Hall–Kier alpha value is -4.51. The molecule has 0 fully saturated rings. The van der Waals surface area contributed by atoms with Gasteiger partial charge in [0.1, 0.15) is 17.2 Å². The van der Waals surface area contributed by atoms with Crippen molar-refractivity contribution in [3.8, 4) is 28.4 Å². The third-order valence-corrected chi connectivity index (χ3v) is 5.84. The van der Waals surface area contributed by atoms with Gasteiger partial charge in [0.2, 0.25) is 5.95 Å². The molecule has 0 atom stereocenters. The molecule has 5 rings (SSSR count). The van der Waals surface area contributed by atoms with E-state index in [9.17, 15) is 17.6 Å². The molecular formula is C28H24F4N6O. The van der Waals surface area contributed by atoms with Crippen molar-refractivity contribution in [3.05, 3.63) is 96.1 Å². The molecular weight excluding hydrogens is 512 g/mol. The maximum absolute atomic E-state index is 13.7. The van der Waals surface area contributed by atoms with E-state index in [1.165, 1.54) is 30.3 Å². The lowest BCUT2D eigenvalue weighted by molar-refractivity contribution is -0.274. The van der Waals surface area contributed by atoms with Crippen LogP contribution in [-0.2, 0) is 13.1 Å². The summed E-state index contributed by atoms with van der Waals surface area (Å²) >= 11 is 0. The average Bonchev–Trinajstić information content (AvgIpc) is 3.26. The Labute approximate surface area is 221 Å². The fourth-order valence-electron chi connectivity index (χ4n) is 4.23. The standard InChI is InChI=1S/C28H24F4N6O/c1-37(2)17-18-12-14-38-24(15-18)36-25(19-7-9-21(29)10-8-19)26(38)22-11-13-33-27(35-22)34-16-20-5-3-4-6-23(20)39-28(30,31)32/h3-15H,16-17H2,1-2H3,(H,33,34,35). The van der Waals surface area contributed by atoms with Crippen LogP contribution in [0.4, 0.5) is 23.5 Å². The van der Waals surface area contributed by atoms with Crippen LogP contribution in [0.15, 0.2) is 79.1 Å². The number of nitrogens with one attached hydrogen (secondary N) is 1. The number of ether oxygens (including phenoxy) is 1. The van der Waals surface area contributed by atoms with Crippen molar-refractivity contribution in [2.45, 2.75) is 19.5 Å². The van der Waals surface area contributed by atoms with Crippen LogP contribution in [0.3, 0.4) is 0 Å². The quantitative estimate of drug-likeness (QED) is 0.239. The van der Waals surface area contributed by atoms with Gasteiger partial charge in [0.25, 0.3) is 0 Å². The molecule has 0 saturated heterocycles. The summed E-state index contributed by atoms with van der Waals surface area (Å²) in [5.41, 5.74) is 4.55. The van der Waals surface area contributed by atoms with Crippen molar-refractivity contribution in [1.29, 1.82) is 0 Å². The number of fused-ring (bicyclic) bond motifs is 1. The number of pyridine rings is 1. The first-order valence-corrected chi connectivity index (χ1v) is 12.0. The van der Waals surface area contributed by atoms with E-state index >= 15 is 0 Å². The molecule has 3 aromatic heterocycles. The summed E-state index contributed by atoms with van der Waals surface area (Å²) < 4.78 is 58.1. The number of aromatic nitrogens is 4. The van der Waals surface area contributed by atoms with Crippen LogP contribution in [0, 0.1) is 5.82 Å². The van der Waals surface area contributed by atoms with Gasteiger partial charge in [0.15, 0.2) is 0 Å². The summed E-state index contributed by atoms with van der Waals surface area (Å²) in [5.74, 6) is -0.457. The third kappa shape index (κ3) is 6.15. The van der Waals surface area contributed by atoms with Crippen LogP contribution in [0.1, 0.15) is 11.1 Å². The van der Waals surface area contributed by atoms with E-state index in [1.54, 1.807) is 30.5 Å². The second-order valence-corrected chi connectivity index (χ2v) is 9.09. The minimum Gasteiger partial charge on any atom is -0.405 e. The van der Waals surface area contributed by atoms with Gasteiger partial charge in [0, 0.05) is 36.6 Å². The summed E-state index contributed by atoms with van der Waals surface area (Å²) in [6, 6.07) is 17.6. The Bertz CT molecular complexity index is 1600. The first kappa shape index (κ1) is 26.1. The van der Waals surface area contributed by atoms with Gasteiger partial charge in [-0.2, -0.15) is 0 Å². The average molecular weight is 537 g/mol. The van der Waals surface area contributed by atoms with Crippen molar-refractivity contribution >= 4 is 11.6 Å². The second-order valence-electron chi connectivity index (χ2n) is 9.09. The number of alkyl halides is 3. The number of hydrogen-bond acceptors (Lipinski definition) is 6. The molecule has 5 aromatic rings. The first-order valence-electron chi connectivity index (χ1n) is 12.0. The Morgan fingerprint density at radius 1 is 0.974 bits per heavy atom. The van der Waals surface area contributed by atoms with Crippen LogP contribution in [0.25, 0.3) is 28.3 Å². The minimum atomic E-state index is -4.81. The number of para-hydroxylation sites is 1. The lowest BCUT2D eigenvalue weighted by atomic mass is 10.1. The highest BCUT2D eigenvalue weighted by molar-refractivity contribution is 5.80. The lowest BCUT2D eigenvalue weighted by Crippen LogP contribution is -2.18.